The van der Waals surface area contributed by atoms with Gasteiger partial charge >= 0.3 is 6.09 Å². The summed E-state index contributed by atoms with van der Waals surface area (Å²) in [6, 6.07) is 10.2. The van der Waals surface area contributed by atoms with E-state index in [-0.39, 0.29) is 22.8 Å². The Labute approximate surface area is 162 Å². The molecule has 0 bridgehead atoms. The molecule has 3 rings (SSSR count). The van der Waals surface area contributed by atoms with E-state index in [2.05, 4.69) is 32.9 Å². The van der Waals surface area contributed by atoms with Gasteiger partial charge in [-0.1, -0.05) is 51.1 Å². The molecule has 0 aliphatic carbocycles. The van der Waals surface area contributed by atoms with E-state index in [1.165, 1.54) is 5.56 Å². The van der Waals surface area contributed by atoms with Gasteiger partial charge in [-0.15, -0.1) is 0 Å². The molecule has 2 aliphatic rings. The molecule has 148 valence electrons. The maximum Gasteiger partial charge on any atom is 0.409 e. The first kappa shape index (κ1) is 19.7. The number of hydrogen-bond acceptors (Lipinski definition) is 3. The van der Waals surface area contributed by atoms with Crippen LogP contribution < -0.4 is 0 Å². The molecule has 5 nitrogen and oxygen atoms in total. The molecule has 0 saturated carbocycles. The van der Waals surface area contributed by atoms with E-state index in [9.17, 15) is 9.59 Å². The van der Waals surface area contributed by atoms with Gasteiger partial charge in [-0.25, -0.2) is 4.79 Å². The lowest BCUT2D eigenvalue weighted by molar-refractivity contribution is -0.139. The van der Waals surface area contributed by atoms with Crippen LogP contribution in [0.5, 0.6) is 0 Å². The van der Waals surface area contributed by atoms with Crippen LogP contribution in [0.25, 0.3) is 0 Å². The zero-order valence-electron chi connectivity index (χ0n) is 16.9. The Balaban J connectivity index is 1.55. The van der Waals surface area contributed by atoms with Gasteiger partial charge in [-0.3, -0.25) is 4.79 Å². The van der Waals surface area contributed by atoms with Crippen molar-refractivity contribution in [3.05, 3.63) is 35.9 Å². The second-order valence-electron chi connectivity index (χ2n) is 9.34. The van der Waals surface area contributed by atoms with E-state index in [1.807, 2.05) is 28.0 Å². The highest BCUT2D eigenvalue weighted by molar-refractivity contribution is 5.77. The van der Waals surface area contributed by atoms with Crippen molar-refractivity contribution in [1.29, 1.82) is 0 Å². The van der Waals surface area contributed by atoms with E-state index < -0.39 is 0 Å². The van der Waals surface area contributed by atoms with Crippen molar-refractivity contribution in [2.24, 2.45) is 10.8 Å². The van der Waals surface area contributed by atoms with Gasteiger partial charge in [-0.05, 0) is 35.7 Å². The summed E-state index contributed by atoms with van der Waals surface area (Å²) in [7, 11) is 0. The van der Waals surface area contributed by atoms with Crippen LogP contribution in [0, 0.1) is 10.8 Å². The Hall–Kier alpha value is -2.04. The summed E-state index contributed by atoms with van der Waals surface area (Å²) in [5.41, 5.74) is 1.30. The number of amides is 2. The summed E-state index contributed by atoms with van der Waals surface area (Å²) < 4.78 is 5.46. The fourth-order valence-corrected chi connectivity index (χ4v) is 3.99. The lowest BCUT2D eigenvalue weighted by Crippen LogP contribution is -2.52. The maximum atomic E-state index is 12.4. The predicted octanol–water partition coefficient (Wildman–Crippen LogP) is 4.07. The molecule has 0 radical (unpaired) electrons. The number of benzene rings is 1. The second kappa shape index (κ2) is 7.91. The fraction of sp³-hybridized carbons (Fsp3) is 0.636. The second-order valence-corrected chi connectivity index (χ2v) is 9.34. The van der Waals surface area contributed by atoms with Gasteiger partial charge in [-0.2, -0.15) is 0 Å². The highest BCUT2D eigenvalue weighted by Gasteiger charge is 2.42. The Bertz CT molecular complexity index is 658. The van der Waals surface area contributed by atoms with Gasteiger partial charge in [0.15, 0.2) is 0 Å². The summed E-state index contributed by atoms with van der Waals surface area (Å²) in [5, 5.41) is 0. The quantitative estimate of drug-likeness (QED) is 0.803. The minimum Gasteiger partial charge on any atom is -0.449 e. The van der Waals surface area contributed by atoms with Gasteiger partial charge in [0.1, 0.15) is 0 Å². The third-order valence-electron chi connectivity index (χ3n) is 5.68. The molecule has 27 heavy (non-hydrogen) atoms. The molecule has 0 aromatic heterocycles. The van der Waals surface area contributed by atoms with Crippen LogP contribution in [0.1, 0.15) is 52.0 Å². The van der Waals surface area contributed by atoms with Crippen molar-refractivity contribution < 1.29 is 14.3 Å². The lowest BCUT2D eigenvalue weighted by atomic mass is 9.72. The normalized spacial score (nSPS) is 20.0. The SMILES string of the molecule is CC(C)(C)COC(=O)N1CCC2(CCC(=O)N(Cc3ccccc3)C2)CC1. The third-order valence-corrected chi connectivity index (χ3v) is 5.68. The molecular weight excluding hydrogens is 340 g/mol. The summed E-state index contributed by atoms with van der Waals surface area (Å²) >= 11 is 0. The summed E-state index contributed by atoms with van der Waals surface area (Å²) in [6.45, 7) is 9.54. The number of hydrogen-bond donors (Lipinski definition) is 0. The summed E-state index contributed by atoms with van der Waals surface area (Å²) in [6.07, 6.45) is 3.23. The van der Waals surface area contributed by atoms with E-state index in [0.717, 1.165) is 38.9 Å². The number of carbonyl (C=O) groups excluding carboxylic acids is 2. The average Bonchev–Trinajstić information content (AvgIpc) is 2.64. The van der Waals surface area contributed by atoms with Crippen molar-refractivity contribution in [3.8, 4) is 0 Å². The molecule has 2 fully saturated rings. The van der Waals surface area contributed by atoms with E-state index >= 15 is 0 Å². The molecular formula is C22H32N2O3. The Morgan fingerprint density at radius 2 is 1.78 bits per heavy atom. The Kier molecular flexibility index (Phi) is 5.78. The van der Waals surface area contributed by atoms with Crippen LogP contribution >= 0.6 is 0 Å². The molecule has 2 saturated heterocycles. The molecule has 1 aromatic rings. The zero-order chi connectivity index (χ0) is 19.5. The minimum atomic E-state index is -0.201. The number of piperidine rings is 2. The van der Waals surface area contributed by atoms with Gasteiger partial charge in [0.2, 0.25) is 5.91 Å². The maximum absolute atomic E-state index is 12.4. The highest BCUT2D eigenvalue weighted by atomic mass is 16.6. The van der Waals surface area contributed by atoms with Gasteiger partial charge in [0.25, 0.3) is 0 Å². The predicted molar refractivity (Wildman–Crippen MR) is 105 cm³/mol. The summed E-state index contributed by atoms with van der Waals surface area (Å²) in [4.78, 5) is 28.6. The monoisotopic (exact) mass is 372 g/mol. The number of carbonyl (C=O) groups is 2. The zero-order valence-corrected chi connectivity index (χ0v) is 16.9. The molecule has 0 N–H and O–H groups in total. The van der Waals surface area contributed by atoms with Crippen LogP contribution in [0.3, 0.4) is 0 Å². The largest absolute Gasteiger partial charge is 0.449 e. The first-order valence-electron chi connectivity index (χ1n) is 10.00. The average molecular weight is 373 g/mol. The topological polar surface area (TPSA) is 49.9 Å². The Morgan fingerprint density at radius 3 is 2.41 bits per heavy atom. The standard InChI is InChI=1S/C22H32N2O3/c1-21(2,3)17-27-20(26)23-13-11-22(12-14-23)10-9-19(25)24(16-22)15-18-7-5-4-6-8-18/h4-8H,9-17H2,1-3H3. The molecule has 1 aromatic carbocycles. The molecule has 0 atom stereocenters. The first-order chi connectivity index (χ1) is 12.8. The number of nitrogens with zero attached hydrogens (tertiary/aromatic N) is 2. The summed E-state index contributed by atoms with van der Waals surface area (Å²) in [5.74, 6) is 0.247. The van der Waals surface area contributed by atoms with Gasteiger partial charge < -0.3 is 14.5 Å². The van der Waals surface area contributed by atoms with E-state index in [0.29, 0.717) is 19.6 Å². The molecule has 1 spiro atoms. The molecule has 2 aliphatic heterocycles. The molecule has 2 amide bonds. The van der Waals surface area contributed by atoms with Crippen LogP contribution in [-0.2, 0) is 16.1 Å². The molecule has 2 heterocycles. The van der Waals surface area contributed by atoms with E-state index in [1.54, 1.807) is 0 Å². The van der Waals surface area contributed by atoms with Crippen molar-refractivity contribution in [2.45, 2.75) is 53.0 Å². The molecule has 0 unspecified atom stereocenters. The van der Waals surface area contributed by atoms with Crippen molar-refractivity contribution >= 4 is 12.0 Å². The Morgan fingerprint density at radius 1 is 1.11 bits per heavy atom. The van der Waals surface area contributed by atoms with Crippen LogP contribution in [-0.4, -0.2) is 48.0 Å². The highest BCUT2D eigenvalue weighted by Crippen LogP contribution is 2.40. The van der Waals surface area contributed by atoms with Crippen molar-refractivity contribution in [3.63, 3.8) is 0 Å². The van der Waals surface area contributed by atoms with Crippen LogP contribution in [0.2, 0.25) is 0 Å². The number of rotatable bonds is 3. The van der Waals surface area contributed by atoms with E-state index in [4.69, 9.17) is 4.74 Å². The molecule has 5 heteroatoms. The third kappa shape index (κ3) is 5.24. The van der Waals surface area contributed by atoms with Crippen molar-refractivity contribution in [1.82, 2.24) is 9.80 Å². The van der Waals surface area contributed by atoms with Crippen molar-refractivity contribution in [2.75, 3.05) is 26.2 Å². The van der Waals surface area contributed by atoms with Gasteiger partial charge in [0, 0.05) is 32.6 Å². The smallest absolute Gasteiger partial charge is 0.409 e. The lowest BCUT2D eigenvalue weighted by Gasteiger charge is -2.47. The van der Waals surface area contributed by atoms with Crippen LogP contribution in [0.4, 0.5) is 4.79 Å². The fourth-order valence-electron chi connectivity index (χ4n) is 3.99. The van der Waals surface area contributed by atoms with Gasteiger partial charge in [0.05, 0.1) is 6.61 Å². The first-order valence-corrected chi connectivity index (χ1v) is 10.00. The number of likely N-dealkylation sites (tertiary alicyclic amines) is 2. The van der Waals surface area contributed by atoms with Crippen LogP contribution in [0.15, 0.2) is 30.3 Å². The minimum absolute atomic E-state index is 0.0195. The number of ether oxygens (including phenoxy) is 1.